The minimum Gasteiger partial charge on any atom is -0.479 e. The third kappa shape index (κ3) is 2.89. The van der Waals surface area contributed by atoms with Crippen LogP contribution in [0.1, 0.15) is 5.56 Å². The highest BCUT2D eigenvalue weighted by Crippen LogP contribution is 2.50. The van der Waals surface area contributed by atoms with Crippen LogP contribution in [-0.4, -0.2) is 31.3 Å². The van der Waals surface area contributed by atoms with Gasteiger partial charge in [0.25, 0.3) is 5.34 Å². The van der Waals surface area contributed by atoms with Crippen LogP contribution in [-0.2, 0) is 22.8 Å². The summed E-state index contributed by atoms with van der Waals surface area (Å²) in [4.78, 5) is 28.6. The fraction of sp³-hybridized carbons (Fsp3) is 0.333. The number of aromatic nitrogens is 1. The Morgan fingerprint density at radius 1 is 1.53 bits per heavy atom. The lowest BCUT2D eigenvalue weighted by Crippen LogP contribution is -2.41. The predicted octanol–water partition coefficient (Wildman–Crippen LogP) is -0.996. The fourth-order valence-corrected chi connectivity index (χ4v) is 1.98. The SMILES string of the molecule is C[n+]1cccc(CC(O)(C(=O)O)P(=O)(O)O)c1. The van der Waals surface area contributed by atoms with Crippen molar-refractivity contribution in [2.45, 2.75) is 11.8 Å². The van der Waals surface area contributed by atoms with Gasteiger partial charge in [0.05, 0.1) is 0 Å². The molecule has 1 rings (SSSR count). The van der Waals surface area contributed by atoms with Gasteiger partial charge in [-0.05, 0) is 6.07 Å². The number of hydrogen-bond acceptors (Lipinski definition) is 3. The molecule has 4 N–H and O–H groups in total. The van der Waals surface area contributed by atoms with Crippen molar-refractivity contribution in [3.8, 4) is 0 Å². The third-order valence-corrected chi connectivity index (χ3v) is 3.59. The second-order valence-electron chi connectivity index (χ2n) is 3.72. The van der Waals surface area contributed by atoms with Gasteiger partial charge in [-0.25, -0.2) is 9.36 Å². The van der Waals surface area contributed by atoms with Gasteiger partial charge in [-0.3, -0.25) is 4.57 Å². The Labute approximate surface area is 97.1 Å². The number of hydrogen-bond donors (Lipinski definition) is 4. The normalized spacial score (nSPS) is 15.3. The number of carboxylic acids is 1. The van der Waals surface area contributed by atoms with Gasteiger partial charge in [0.2, 0.25) is 0 Å². The first-order valence-corrected chi connectivity index (χ1v) is 6.23. The molecule has 0 bridgehead atoms. The van der Waals surface area contributed by atoms with Crippen LogP contribution in [0.3, 0.4) is 0 Å². The first-order chi connectivity index (χ1) is 7.67. The Morgan fingerprint density at radius 2 is 2.12 bits per heavy atom. The lowest BCUT2D eigenvalue weighted by molar-refractivity contribution is -0.671. The zero-order valence-corrected chi connectivity index (χ0v) is 9.91. The summed E-state index contributed by atoms with van der Waals surface area (Å²) in [7, 11) is -3.51. The van der Waals surface area contributed by atoms with Gasteiger partial charge in [0.1, 0.15) is 7.05 Å². The number of aliphatic carboxylic acids is 1. The van der Waals surface area contributed by atoms with Gasteiger partial charge in [0.15, 0.2) is 12.4 Å². The summed E-state index contributed by atoms with van der Waals surface area (Å²) in [6.07, 6.45) is 2.48. The molecule has 1 aromatic heterocycles. The largest absolute Gasteiger partial charge is 0.479 e. The van der Waals surface area contributed by atoms with E-state index in [4.69, 9.17) is 14.9 Å². The van der Waals surface area contributed by atoms with Gasteiger partial charge in [-0.1, -0.05) is 0 Å². The number of aryl methyl sites for hydroxylation is 1. The van der Waals surface area contributed by atoms with Crippen LogP contribution in [0.25, 0.3) is 0 Å². The van der Waals surface area contributed by atoms with Crippen LogP contribution in [0.4, 0.5) is 0 Å². The zero-order valence-electron chi connectivity index (χ0n) is 9.02. The van der Waals surface area contributed by atoms with E-state index >= 15 is 0 Å². The van der Waals surface area contributed by atoms with Crippen LogP contribution in [0.15, 0.2) is 24.5 Å². The first-order valence-electron chi connectivity index (χ1n) is 4.62. The summed E-state index contributed by atoms with van der Waals surface area (Å²) in [6, 6.07) is 3.06. The number of carbonyl (C=O) groups is 1. The molecule has 0 amide bonds. The second kappa shape index (κ2) is 4.54. The summed E-state index contributed by atoms with van der Waals surface area (Å²) < 4.78 is 12.6. The molecule has 1 aromatic rings. The molecule has 7 nitrogen and oxygen atoms in total. The number of nitrogens with zero attached hydrogens (tertiary/aromatic N) is 1. The lowest BCUT2D eigenvalue weighted by Gasteiger charge is -2.23. The average molecular weight is 262 g/mol. The molecule has 0 spiro atoms. The fourth-order valence-electron chi connectivity index (χ4n) is 1.34. The standard InChI is InChI=1S/C9H12NO6P/c1-10-4-2-3-7(6-10)5-9(13,8(11)12)17(14,15)16/h2-4,6,13H,5H2,1H3,(H2-,11,12,14,15,16)/p+1. The Kier molecular flexibility index (Phi) is 3.68. The van der Waals surface area contributed by atoms with Gasteiger partial charge < -0.3 is 20.0 Å². The number of aliphatic hydroxyl groups is 1. The van der Waals surface area contributed by atoms with Gasteiger partial charge in [-0.2, -0.15) is 0 Å². The van der Waals surface area contributed by atoms with Crippen molar-refractivity contribution >= 4 is 13.6 Å². The van der Waals surface area contributed by atoms with Crippen molar-refractivity contribution in [3.05, 3.63) is 30.1 Å². The Balaban J connectivity index is 3.13. The minimum absolute atomic E-state index is 0.309. The van der Waals surface area contributed by atoms with E-state index in [9.17, 15) is 14.5 Å². The minimum atomic E-state index is -5.18. The molecule has 0 aromatic carbocycles. The van der Waals surface area contributed by atoms with Gasteiger partial charge in [0, 0.05) is 18.1 Å². The highest BCUT2D eigenvalue weighted by atomic mass is 31.2. The Morgan fingerprint density at radius 3 is 2.53 bits per heavy atom. The highest BCUT2D eigenvalue weighted by molar-refractivity contribution is 7.54. The predicted molar refractivity (Wildman–Crippen MR) is 56.0 cm³/mol. The van der Waals surface area contributed by atoms with Crippen molar-refractivity contribution in [2.24, 2.45) is 7.05 Å². The molecule has 1 atom stereocenters. The molecule has 1 unspecified atom stereocenters. The highest BCUT2D eigenvalue weighted by Gasteiger charge is 2.53. The second-order valence-corrected chi connectivity index (χ2v) is 5.55. The molecule has 1 heterocycles. The molecule has 0 saturated carbocycles. The molecule has 0 aliphatic heterocycles. The molecular formula is C9H13NO6P+. The molecule has 0 fully saturated rings. The number of rotatable bonds is 4. The average Bonchev–Trinajstić information content (AvgIpc) is 2.15. The van der Waals surface area contributed by atoms with E-state index < -0.39 is 25.3 Å². The summed E-state index contributed by atoms with van der Waals surface area (Å²) in [5.74, 6) is -1.95. The Hall–Kier alpha value is -1.27. The van der Waals surface area contributed by atoms with E-state index in [0.717, 1.165) is 0 Å². The Bertz CT molecular complexity index is 484. The van der Waals surface area contributed by atoms with E-state index in [-0.39, 0.29) is 0 Å². The summed E-state index contributed by atoms with van der Waals surface area (Å²) in [5, 5.41) is 15.3. The third-order valence-electron chi connectivity index (χ3n) is 2.28. The van der Waals surface area contributed by atoms with E-state index in [2.05, 4.69) is 0 Å². The van der Waals surface area contributed by atoms with Crippen LogP contribution < -0.4 is 4.57 Å². The zero-order chi connectivity index (χ0) is 13.3. The van der Waals surface area contributed by atoms with E-state index in [1.165, 1.54) is 12.3 Å². The first kappa shape index (κ1) is 13.8. The van der Waals surface area contributed by atoms with Crippen molar-refractivity contribution < 1.29 is 33.9 Å². The van der Waals surface area contributed by atoms with Gasteiger partial charge in [-0.15, -0.1) is 0 Å². The van der Waals surface area contributed by atoms with Crippen molar-refractivity contribution in [2.75, 3.05) is 0 Å². The smallest absolute Gasteiger partial charge is 0.368 e. The lowest BCUT2D eigenvalue weighted by atomic mass is 10.1. The molecule has 17 heavy (non-hydrogen) atoms. The van der Waals surface area contributed by atoms with Crippen LogP contribution in [0.5, 0.6) is 0 Å². The topological polar surface area (TPSA) is 119 Å². The van der Waals surface area contributed by atoms with Gasteiger partial charge >= 0.3 is 13.6 Å². The molecule has 0 radical (unpaired) electrons. The van der Waals surface area contributed by atoms with Crippen molar-refractivity contribution in [3.63, 3.8) is 0 Å². The molecular weight excluding hydrogens is 249 g/mol. The quantitative estimate of drug-likeness (QED) is 0.408. The maximum Gasteiger partial charge on any atom is 0.368 e. The number of pyridine rings is 1. The number of carboxylic acid groups (broad SMARTS) is 1. The van der Waals surface area contributed by atoms with E-state index in [0.29, 0.717) is 5.56 Å². The van der Waals surface area contributed by atoms with Crippen molar-refractivity contribution in [1.82, 2.24) is 0 Å². The van der Waals surface area contributed by atoms with Crippen LogP contribution in [0.2, 0.25) is 0 Å². The maximum absolute atomic E-state index is 11.0. The monoisotopic (exact) mass is 262 g/mol. The van der Waals surface area contributed by atoms with Crippen molar-refractivity contribution in [1.29, 1.82) is 0 Å². The molecule has 0 aliphatic rings. The van der Waals surface area contributed by atoms with E-state index in [1.54, 1.807) is 23.9 Å². The molecule has 8 heteroatoms. The van der Waals surface area contributed by atoms with Crippen LogP contribution in [0, 0.1) is 0 Å². The molecule has 0 saturated heterocycles. The summed E-state index contributed by atoms with van der Waals surface area (Å²) in [6.45, 7) is 0. The summed E-state index contributed by atoms with van der Waals surface area (Å²) >= 11 is 0. The van der Waals surface area contributed by atoms with E-state index in [1.807, 2.05) is 0 Å². The molecule has 0 aliphatic carbocycles. The maximum atomic E-state index is 11.0. The molecule has 94 valence electrons. The van der Waals surface area contributed by atoms with Crippen LogP contribution >= 0.6 is 7.60 Å². The summed E-state index contributed by atoms with van der Waals surface area (Å²) in [5.41, 5.74) is 0.309.